The Balaban J connectivity index is 1.37. The second-order valence-corrected chi connectivity index (χ2v) is 8.78. The maximum Gasteiger partial charge on any atom is 0.256 e. The second-order valence-electron chi connectivity index (χ2n) is 7.52. The first-order valence-corrected chi connectivity index (χ1v) is 11.3. The fraction of sp³-hybridized carbons (Fsp3) is 0.120. The molecule has 0 fully saturated rings. The third-order valence-corrected chi connectivity index (χ3v) is 5.80. The average Bonchev–Trinajstić information content (AvgIpc) is 3.14. The number of carbonyl (C=O) groups is 1. The molecule has 0 atom stereocenters. The fourth-order valence-electron chi connectivity index (χ4n) is 3.15. The number of benzene rings is 3. The fourth-order valence-corrected chi connectivity index (χ4v) is 3.74. The van der Waals surface area contributed by atoms with Crippen molar-refractivity contribution in [3.63, 3.8) is 0 Å². The van der Waals surface area contributed by atoms with Crippen LogP contribution < -0.4 is 10.1 Å². The summed E-state index contributed by atoms with van der Waals surface area (Å²) in [6.07, 6.45) is 1.76. The lowest BCUT2D eigenvalue weighted by Gasteiger charge is -2.09. The second kappa shape index (κ2) is 10.2. The van der Waals surface area contributed by atoms with Crippen LogP contribution in [0, 0.1) is 12.7 Å². The highest BCUT2D eigenvalue weighted by Crippen LogP contribution is 2.26. The normalized spacial score (nSPS) is 10.8. The molecule has 1 amide bonds. The Morgan fingerprint density at radius 2 is 1.79 bits per heavy atom. The Morgan fingerprint density at radius 1 is 1.09 bits per heavy atom. The lowest BCUT2D eigenvalue weighted by atomic mass is 10.1. The van der Waals surface area contributed by atoms with E-state index < -0.39 is 0 Å². The van der Waals surface area contributed by atoms with Crippen molar-refractivity contribution in [1.82, 2.24) is 9.78 Å². The van der Waals surface area contributed by atoms with Gasteiger partial charge in [0.15, 0.2) is 5.82 Å². The molecule has 8 heteroatoms. The minimum absolute atomic E-state index is 0.281. The predicted molar refractivity (Wildman–Crippen MR) is 130 cm³/mol. The third-order valence-electron chi connectivity index (χ3n) is 4.90. The Hall–Kier alpha value is -3.16. The number of aryl methyl sites for hydroxylation is 1. The highest BCUT2D eigenvalue weighted by Gasteiger charge is 2.13. The number of halogens is 3. The van der Waals surface area contributed by atoms with E-state index in [4.69, 9.17) is 16.3 Å². The van der Waals surface area contributed by atoms with Crippen LogP contribution in [0.5, 0.6) is 5.75 Å². The largest absolute Gasteiger partial charge is 0.487 e. The first-order chi connectivity index (χ1) is 15.9. The summed E-state index contributed by atoms with van der Waals surface area (Å²) in [5.74, 6) is 0.463. The van der Waals surface area contributed by atoms with Crippen molar-refractivity contribution < 1.29 is 13.9 Å². The number of hydrogen-bond donors (Lipinski definition) is 1. The molecule has 0 radical (unpaired) electrons. The highest BCUT2D eigenvalue weighted by molar-refractivity contribution is 9.10. The van der Waals surface area contributed by atoms with E-state index in [2.05, 4.69) is 26.3 Å². The predicted octanol–water partition coefficient (Wildman–Crippen LogP) is 6.63. The number of rotatable bonds is 7. The van der Waals surface area contributed by atoms with Crippen molar-refractivity contribution in [3.05, 3.63) is 110 Å². The number of ether oxygens (including phenoxy) is 1. The van der Waals surface area contributed by atoms with E-state index in [1.807, 2.05) is 31.2 Å². The van der Waals surface area contributed by atoms with Gasteiger partial charge in [-0.05, 0) is 75.9 Å². The number of hydrogen-bond acceptors (Lipinski definition) is 3. The van der Waals surface area contributed by atoms with Gasteiger partial charge < -0.3 is 10.1 Å². The molecule has 4 rings (SSSR count). The minimum Gasteiger partial charge on any atom is -0.487 e. The number of amides is 1. The Morgan fingerprint density at radius 3 is 2.52 bits per heavy atom. The highest BCUT2D eigenvalue weighted by atomic mass is 79.9. The molecule has 1 aromatic heterocycles. The lowest BCUT2D eigenvalue weighted by molar-refractivity contribution is 0.102. The number of aromatic nitrogens is 2. The molecule has 1 heterocycles. The van der Waals surface area contributed by atoms with Gasteiger partial charge in [-0.2, -0.15) is 5.10 Å². The van der Waals surface area contributed by atoms with Crippen molar-refractivity contribution in [2.45, 2.75) is 20.1 Å². The molecule has 0 aliphatic rings. The van der Waals surface area contributed by atoms with E-state index in [1.165, 1.54) is 12.1 Å². The SMILES string of the molecule is Cc1ccc(Cl)c(OCc2ccc(C(=O)Nc3nn(Cc4ccc(F)cc4)cc3Br)cc2)c1. The average molecular weight is 529 g/mol. The zero-order valence-electron chi connectivity index (χ0n) is 17.7. The van der Waals surface area contributed by atoms with Gasteiger partial charge in [0.25, 0.3) is 5.91 Å². The molecule has 0 spiro atoms. The van der Waals surface area contributed by atoms with E-state index >= 15 is 0 Å². The molecule has 1 N–H and O–H groups in total. The lowest BCUT2D eigenvalue weighted by Crippen LogP contribution is -2.13. The van der Waals surface area contributed by atoms with Crippen LogP contribution in [0.25, 0.3) is 0 Å². The van der Waals surface area contributed by atoms with E-state index in [1.54, 1.807) is 41.2 Å². The summed E-state index contributed by atoms with van der Waals surface area (Å²) in [5, 5.41) is 7.76. The van der Waals surface area contributed by atoms with E-state index in [0.29, 0.717) is 39.8 Å². The Bertz CT molecular complexity index is 1270. The van der Waals surface area contributed by atoms with Crippen molar-refractivity contribution in [3.8, 4) is 5.75 Å². The van der Waals surface area contributed by atoms with Crippen LogP contribution >= 0.6 is 27.5 Å². The maximum atomic E-state index is 13.1. The summed E-state index contributed by atoms with van der Waals surface area (Å²) in [6, 6.07) is 18.9. The number of carbonyl (C=O) groups excluding carboxylic acids is 1. The zero-order chi connectivity index (χ0) is 23.4. The van der Waals surface area contributed by atoms with Crippen LogP contribution in [0.4, 0.5) is 10.2 Å². The number of anilines is 1. The molecule has 0 saturated carbocycles. The van der Waals surface area contributed by atoms with E-state index in [-0.39, 0.29) is 11.7 Å². The van der Waals surface area contributed by atoms with Gasteiger partial charge in [0.1, 0.15) is 18.2 Å². The van der Waals surface area contributed by atoms with Gasteiger partial charge in [0, 0.05) is 11.8 Å². The van der Waals surface area contributed by atoms with Gasteiger partial charge in [0.2, 0.25) is 0 Å². The molecule has 0 saturated heterocycles. The molecular formula is C25H20BrClFN3O2. The van der Waals surface area contributed by atoms with Crippen LogP contribution in [0.2, 0.25) is 5.02 Å². The monoisotopic (exact) mass is 527 g/mol. The van der Waals surface area contributed by atoms with Gasteiger partial charge in [0.05, 0.1) is 16.0 Å². The van der Waals surface area contributed by atoms with Crippen LogP contribution in [-0.2, 0) is 13.2 Å². The first kappa shape index (κ1) is 23.0. The summed E-state index contributed by atoms with van der Waals surface area (Å²) in [5.41, 5.74) is 3.36. The van der Waals surface area contributed by atoms with Gasteiger partial charge >= 0.3 is 0 Å². The van der Waals surface area contributed by atoms with Crippen molar-refractivity contribution in [2.75, 3.05) is 5.32 Å². The van der Waals surface area contributed by atoms with Crippen molar-refractivity contribution >= 4 is 39.3 Å². The van der Waals surface area contributed by atoms with Gasteiger partial charge in [-0.15, -0.1) is 0 Å². The molecular weight excluding hydrogens is 509 g/mol. The third kappa shape index (κ3) is 6.00. The molecule has 0 aliphatic carbocycles. The molecule has 0 aliphatic heterocycles. The number of nitrogens with zero attached hydrogens (tertiary/aromatic N) is 2. The summed E-state index contributed by atoms with van der Waals surface area (Å²) >= 11 is 9.59. The molecule has 5 nitrogen and oxygen atoms in total. The van der Waals surface area contributed by atoms with E-state index in [0.717, 1.165) is 16.7 Å². The van der Waals surface area contributed by atoms with E-state index in [9.17, 15) is 9.18 Å². The first-order valence-electron chi connectivity index (χ1n) is 10.1. The van der Waals surface area contributed by atoms with Crippen LogP contribution in [0.1, 0.15) is 27.0 Å². The minimum atomic E-state index is -0.287. The Kier molecular flexibility index (Phi) is 7.11. The number of nitrogens with one attached hydrogen (secondary N) is 1. The topological polar surface area (TPSA) is 56.1 Å². The summed E-state index contributed by atoms with van der Waals surface area (Å²) in [6.45, 7) is 2.76. The van der Waals surface area contributed by atoms with Crippen LogP contribution in [0.3, 0.4) is 0 Å². The molecule has 168 valence electrons. The summed E-state index contributed by atoms with van der Waals surface area (Å²) < 4.78 is 21.2. The van der Waals surface area contributed by atoms with Gasteiger partial charge in [-0.3, -0.25) is 9.48 Å². The standard InChI is InChI=1S/C25H20BrClFN3O2/c1-16-2-11-22(27)23(12-16)33-15-18-3-7-19(8-4-18)25(32)29-24-21(26)14-31(30-24)13-17-5-9-20(28)10-6-17/h2-12,14H,13,15H2,1H3,(H,29,30,32). The van der Waals surface area contributed by atoms with Gasteiger partial charge in [-0.1, -0.05) is 41.9 Å². The Labute approximate surface area is 204 Å². The molecule has 4 aromatic rings. The molecule has 33 heavy (non-hydrogen) atoms. The van der Waals surface area contributed by atoms with Crippen LogP contribution in [0.15, 0.2) is 77.4 Å². The smallest absolute Gasteiger partial charge is 0.256 e. The summed E-state index contributed by atoms with van der Waals surface area (Å²) in [7, 11) is 0. The van der Waals surface area contributed by atoms with Gasteiger partial charge in [-0.25, -0.2) is 4.39 Å². The van der Waals surface area contributed by atoms with Crippen molar-refractivity contribution in [2.24, 2.45) is 0 Å². The quantitative estimate of drug-likeness (QED) is 0.293. The maximum absolute atomic E-state index is 13.1. The summed E-state index contributed by atoms with van der Waals surface area (Å²) in [4.78, 5) is 12.7. The molecule has 0 unspecified atom stereocenters. The van der Waals surface area contributed by atoms with Crippen molar-refractivity contribution in [1.29, 1.82) is 0 Å². The molecule has 3 aromatic carbocycles. The van der Waals surface area contributed by atoms with Crippen LogP contribution in [-0.4, -0.2) is 15.7 Å². The molecule has 0 bridgehead atoms. The zero-order valence-corrected chi connectivity index (χ0v) is 20.0.